The van der Waals surface area contributed by atoms with E-state index in [9.17, 15) is 18.3 Å². The number of aromatic carboxylic acids is 1. The van der Waals surface area contributed by atoms with Crippen LogP contribution in [0.25, 0.3) is 10.9 Å². The van der Waals surface area contributed by atoms with Crippen molar-refractivity contribution < 1.29 is 18.3 Å². The number of fused-ring (bicyclic) bond motifs is 1. The van der Waals surface area contributed by atoms with Gasteiger partial charge >= 0.3 is 5.97 Å². The van der Waals surface area contributed by atoms with E-state index in [0.717, 1.165) is 55.3 Å². The molecule has 2 N–H and O–H groups in total. The lowest BCUT2D eigenvalue weighted by atomic mass is 9.90. The van der Waals surface area contributed by atoms with Crippen LogP contribution in [-0.2, 0) is 16.6 Å². The molecular weight excluding hydrogens is 366 g/mol. The minimum atomic E-state index is -3.16. The first kappa shape index (κ1) is 19.9. The summed E-state index contributed by atoms with van der Waals surface area (Å²) in [6.45, 7) is 5.53. The van der Waals surface area contributed by atoms with Crippen molar-refractivity contribution in [2.45, 2.75) is 32.2 Å². The zero-order valence-corrected chi connectivity index (χ0v) is 16.6. The standard InChI is InChI=1S/C19H27N3O4S/c1-3-22-16-7-5-4-6-15(16)17(19(23)24)18(22)14-8-11-21(12-9-14)13-10-20-27(2,25)26/h4-7,14,20H,3,8-13H2,1-2H3,(H,23,24). The Kier molecular flexibility index (Phi) is 5.88. The number of sulfonamides is 1. The number of likely N-dealkylation sites (tertiary alicyclic amines) is 1. The molecule has 0 atom stereocenters. The number of hydrogen-bond donors (Lipinski definition) is 2. The van der Waals surface area contributed by atoms with Gasteiger partial charge in [-0.3, -0.25) is 0 Å². The van der Waals surface area contributed by atoms with Gasteiger partial charge in [-0.1, -0.05) is 18.2 Å². The van der Waals surface area contributed by atoms with E-state index in [2.05, 4.69) is 14.2 Å². The third kappa shape index (κ3) is 4.34. The Bertz CT molecular complexity index is 928. The minimum absolute atomic E-state index is 0.197. The molecule has 2 aromatic rings. The predicted molar refractivity (Wildman–Crippen MR) is 106 cm³/mol. The molecule has 1 fully saturated rings. The van der Waals surface area contributed by atoms with Gasteiger partial charge in [-0.2, -0.15) is 0 Å². The fourth-order valence-electron chi connectivity index (χ4n) is 4.13. The van der Waals surface area contributed by atoms with Crippen molar-refractivity contribution in [3.63, 3.8) is 0 Å². The lowest BCUT2D eigenvalue weighted by molar-refractivity contribution is 0.0696. The molecule has 7 nitrogen and oxygen atoms in total. The molecule has 1 aromatic carbocycles. The van der Waals surface area contributed by atoms with Gasteiger partial charge < -0.3 is 14.6 Å². The van der Waals surface area contributed by atoms with Crippen LogP contribution in [0.4, 0.5) is 0 Å². The summed E-state index contributed by atoms with van der Waals surface area (Å²) in [6.07, 6.45) is 2.90. The Morgan fingerprint density at radius 3 is 2.52 bits per heavy atom. The van der Waals surface area contributed by atoms with Gasteiger partial charge in [0.2, 0.25) is 10.0 Å². The van der Waals surface area contributed by atoms with Crippen LogP contribution in [0.3, 0.4) is 0 Å². The second-order valence-electron chi connectivity index (χ2n) is 7.11. The third-order valence-corrected chi connectivity index (χ3v) is 6.04. The molecule has 0 bridgehead atoms. The largest absolute Gasteiger partial charge is 0.478 e. The van der Waals surface area contributed by atoms with Crippen LogP contribution in [-0.4, -0.2) is 61.4 Å². The van der Waals surface area contributed by atoms with E-state index in [1.807, 2.05) is 31.2 Å². The number of benzene rings is 1. The molecule has 27 heavy (non-hydrogen) atoms. The average Bonchev–Trinajstić information content (AvgIpc) is 2.95. The fraction of sp³-hybridized carbons (Fsp3) is 0.526. The molecule has 148 valence electrons. The zero-order chi connectivity index (χ0) is 19.6. The van der Waals surface area contributed by atoms with Crippen molar-refractivity contribution in [1.29, 1.82) is 0 Å². The van der Waals surface area contributed by atoms with E-state index in [-0.39, 0.29) is 5.92 Å². The van der Waals surface area contributed by atoms with E-state index >= 15 is 0 Å². The van der Waals surface area contributed by atoms with Crippen LogP contribution < -0.4 is 4.72 Å². The average molecular weight is 394 g/mol. The number of nitrogens with one attached hydrogen (secondary N) is 1. The van der Waals surface area contributed by atoms with Crippen LogP contribution in [0.1, 0.15) is 41.7 Å². The Hall–Kier alpha value is -1.90. The lowest BCUT2D eigenvalue weighted by Crippen LogP contribution is -2.39. The van der Waals surface area contributed by atoms with Gasteiger partial charge in [-0.05, 0) is 38.9 Å². The van der Waals surface area contributed by atoms with Gasteiger partial charge in [0.15, 0.2) is 0 Å². The molecule has 3 rings (SSSR count). The summed E-state index contributed by atoms with van der Waals surface area (Å²) in [6, 6.07) is 7.71. The van der Waals surface area contributed by atoms with Gasteiger partial charge in [-0.25, -0.2) is 17.9 Å². The van der Waals surface area contributed by atoms with Crippen LogP contribution in [0.5, 0.6) is 0 Å². The van der Waals surface area contributed by atoms with E-state index < -0.39 is 16.0 Å². The first-order valence-electron chi connectivity index (χ1n) is 9.33. The van der Waals surface area contributed by atoms with E-state index in [1.54, 1.807) is 0 Å². The summed E-state index contributed by atoms with van der Waals surface area (Å²) >= 11 is 0. The molecule has 0 unspecified atom stereocenters. The Morgan fingerprint density at radius 1 is 1.26 bits per heavy atom. The maximum Gasteiger partial charge on any atom is 0.338 e. The highest BCUT2D eigenvalue weighted by molar-refractivity contribution is 7.88. The number of carboxylic acid groups (broad SMARTS) is 1. The molecule has 0 saturated carbocycles. The number of carbonyl (C=O) groups is 1. The normalized spacial score (nSPS) is 16.8. The van der Waals surface area contributed by atoms with Crippen molar-refractivity contribution in [3.8, 4) is 0 Å². The molecule has 1 aliphatic rings. The van der Waals surface area contributed by atoms with E-state index in [1.165, 1.54) is 0 Å². The highest BCUT2D eigenvalue weighted by Crippen LogP contribution is 2.36. The van der Waals surface area contributed by atoms with Gasteiger partial charge in [0, 0.05) is 42.1 Å². The maximum absolute atomic E-state index is 12.0. The van der Waals surface area contributed by atoms with Crippen molar-refractivity contribution in [2.75, 3.05) is 32.4 Å². The van der Waals surface area contributed by atoms with Gasteiger partial charge in [0.05, 0.1) is 11.8 Å². The van der Waals surface area contributed by atoms with E-state index in [0.29, 0.717) is 18.7 Å². The first-order chi connectivity index (χ1) is 12.8. The Balaban J connectivity index is 1.79. The molecule has 1 saturated heterocycles. The monoisotopic (exact) mass is 393 g/mol. The summed E-state index contributed by atoms with van der Waals surface area (Å²) in [5.41, 5.74) is 2.34. The fourth-order valence-corrected chi connectivity index (χ4v) is 4.59. The molecule has 1 aromatic heterocycles. The van der Waals surface area contributed by atoms with Crippen LogP contribution in [0.15, 0.2) is 24.3 Å². The number of carboxylic acids is 1. The third-order valence-electron chi connectivity index (χ3n) is 5.31. The first-order valence-corrected chi connectivity index (χ1v) is 11.2. The number of piperidine rings is 1. The number of para-hydroxylation sites is 1. The van der Waals surface area contributed by atoms with Crippen molar-refractivity contribution in [2.24, 2.45) is 0 Å². The van der Waals surface area contributed by atoms with Crippen molar-refractivity contribution >= 4 is 26.9 Å². The molecule has 8 heteroatoms. The van der Waals surface area contributed by atoms with Crippen LogP contribution in [0, 0.1) is 0 Å². The maximum atomic E-state index is 12.0. The van der Waals surface area contributed by atoms with Crippen LogP contribution in [0.2, 0.25) is 0 Å². The van der Waals surface area contributed by atoms with E-state index in [4.69, 9.17) is 0 Å². The van der Waals surface area contributed by atoms with Crippen molar-refractivity contribution in [3.05, 3.63) is 35.5 Å². The number of hydrogen-bond acceptors (Lipinski definition) is 4. The molecule has 0 radical (unpaired) electrons. The highest BCUT2D eigenvalue weighted by Gasteiger charge is 2.30. The predicted octanol–water partition coefficient (Wildman–Crippen LogP) is 2.09. The lowest BCUT2D eigenvalue weighted by Gasteiger charge is -2.32. The summed E-state index contributed by atoms with van der Waals surface area (Å²) in [7, 11) is -3.16. The topological polar surface area (TPSA) is 91.6 Å². The van der Waals surface area contributed by atoms with Crippen LogP contribution >= 0.6 is 0 Å². The summed E-state index contributed by atoms with van der Waals surface area (Å²) in [5.74, 6) is -0.671. The summed E-state index contributed by atoms with van der Waals surface area (Å²) in [4.78, 5) is 14.2. The smallest absolute Gasteiger partial charge is 0.338 e. The summed E-state index contributed by atoms with van der Waals surface area (Å²) in [5, 5.41) is 10.7. The summed E-state index contributed by atoms with van der Waals surface area (Å²) < 4.78 is 27.0. The number of nitrogens with zero attached hydrogens (tertiary/aromatic N) is 2. The minimum Gasteiger partial charge on any atom is -0.478 e. The highest BCUT2D eigenvalue weighted by atomic mass is 32.2. The Morgan fingerprint density at radius 2 is 1.93 bits per heavy atom. The Labute approximate surface area is 160 Å². The quantitative estimate of drug-likeness (QED) is 0.752. The zero-order valence-electron chi connectivity index (χ0n) is 15.8. The second kappa shape index (κ2) is 8.00. The molecule has 0 spiro atoms. The molecule has 1 aliphatic heterocycles. The molecule has 2 heterocycles. The van der Waals surface area contributed by atoms with Gasteiger partial charge in [0.1, 0.15) is 0 Å². The van der Waals surface area contributed by atoms with Crippen molar-refractivity contribution in [1.82, 2.24) is 14.2 Å². The SMILES string of the molecule is CCn1c(C2CCN(CCNS(C)(=O)=O)CC2)c(C(=O)O)c2ccccc21. The number of aryl methyl sites for hydroxylation is 1. The molecule has 0 amide bonds. The number of rotatable bonds is 7. The molecular formula is C19H27N3O4S. The number of aromatic nitrogens is 1. The molecule has 0 aliphatic carbocycles. The van der Waals surface area contributed by atoms with Gasteiger partial charge in [-0.15, -0.1) is 0 Å². The second-order valence-corrected chi connectivity index (χ2v) is 8.94. The van der Waals surface area contributed by atoms with Gasteiger partial charge in [0.25, 0.3) is 0 Å².